The summed E-state index contributed by atoms with van der Waals surface area (Å²) in [6, 6.07) is 6.88. The van der Waals surface area contributed by atoms with Crippen molar-refractivity contribution >= 4 is 10.0 Å². The molecule has 0 unspecified atom stereocenters. The summed E-state index contributed by atoms with van der Waals surface area (Å²) in [5.74, 6) is -0.719. The number of nitrogens with one attached hydrogen (secondary N) is 1. The predicted molar refractivity (Wildman–Crippen MR) is 79.9 cm³/mol. The van der Waals surface area contributed by atoms with Gasteiger partial charge in [0.2, 0.25) is 10.0 Å². The summed E-state index contributed by atoms with van der Waals surface area (Å²) in [7, 11) is -1.11. The number of hydrogen-bond donors (Lipinski definition) is 1. The van der Waals surface area contributed by atoms with E-state index in [1.807, 2.05) is 0 Å². The van der Waals surface area contributed by atoms with Crippen molar-refractivity contribution in [2.24, 2.45) is 0 Å². The Morgan fingerprint density at radius 2 is 1.70 bits per heavy atom. The molecule has 0 radical (unpaired) electrons. The molecule has 0 atom stereocenters. The van der Waals surface area contributed by atoms with Gasteiger partial charge in [0.1, 0.15) is 11.6 Å². The SMILES string of the molecule is COc1ccc(S(=O)(=O)NCc2cc(F)ccc2F)cc1OC. The van der Waals surface area contributed by atoms with Crippen LogP contribution in [-0.4, -0.2) is 22.6 Å². The lowest BCUT2D eigenvalue weighted by molar-refractivity contribution is 0.354. The predicted octanol–water partition coefficient (Wildman–Crippen LogP) is 2.46. The molecule has 0 aliphatic carbocycles. The molecule has 8 heteroatoms. The van der Waals surface area contributed by atoms with Gasteiger partial charge >= 0.3 is 0 Å². The van der Waals surface area contributed by atoms with Gasteiger partial charge in [-0.3, -0.25) is 0 Å². The summed E-state index contributed by atoms with van der Waals surface area (Å²) in [6.07, 6.45) is 0. The van der Waals surface area contributed by atoms with Crippen molar-refractivity contribution in [3.63, 3.8) is 0 Å². The van der Waals surface area contributed by atoms with Crippen molar-refractivity contribution in [3.05, 3.63) is 53.6 Å². The van der Waals surface area contributed by atoms with E-state index >= 15 is 0 Å². The minimum atomic E-state index is -3.92. The van der Waals surface area contributed by atoms with E-state index in [-0.39, 0.29) is 22.8 Å². The second kappa shape index (κ2) is 6.93. The number of rotatable bonds is 6. The van der Waals surface area contributed by atoms with Crippen molar-refractivity contribution in [2.75, 3.05) is 14.2 Å². The Morgan fingerprint density at radius 3 is 2.35 bits per heavy atom. The molecule has 2 aromatic carbocycles. The van der Waals surface area contributed by atoms with Crippen LogP contribution in [0.1, 0.15) is 5.56 Å². The van der Waals surface area contributed by atoms with E-state index in [0.717, 1.165) is 18.2 Å². The quantitative estimate of drug-likeness (QED) is 0.875. The molecule has 2 aromatic rings. The summed E-state index contributed by atoms with van der Waals surface area (Å²) in [5.41, 5.74) is -0.0888. The molecule has 0 bridgehead atoms. The summed E-state index contributed by atoms with van der Waals surface area (Å²) < 4.78 is 63.4. The summed E-state index contributed by atoms with van der Waals surface area (Å²) >= 11 is 0. The molecule has 0 heterocycles. The Bertz CT molecular complexity index is 809. The first-order valence-corrected chi connectivity index (χ1v) is 8.01. The normalized spacial score (nSPS) is 11.3. The van der Waals surface area contributed by atoms with Gasteiger partial charge in [0, 0.05) is 18.2 Å². The number of ether oxygens (including phenoxy) is 2. The van der Waals surface area contributed by atoms with Gasteiger partial charge in [0.25, 0.3) is 0 Å². The van der Waals surface area contributed by atoms with Crippen molar-refractivity contribution in [1.29, 1.82) is 0 Å². The molecule has 0 spiro atoms. The highest BCUT2D eigenvalue weighted by molar-refractivity contribution is 7.89. The van der Waals surface area contributed by atoms with Crippen LogP contribution in [0.2, 0.25) is 0 Å². The Balaban J connectivity index is 2.23. The highest BCUT2D eigenvalue weighted by Crippen LogP contribution is 2.29. The van der Waals surface area contributed by atoms with E-state index in [0.29, 0.717) is 5.75 Å². The topological polar surface area (TPSA) is 64.6 Å². The zero-order valence-electron chi connectivity index (χ0n) is 12.5. The number of benzene rings is 2. The van der Waals surface area contributed by atoms with E-state index in [4.69, 9.17) is 9.47 Å². The van der Waals surface area contributed by atoms with Gasteiger partial charge < -0.3 is 9.47 Å². The average Bonchev–Trinajstić information content (AvgIpc) is 2.55. The smallest absolute Gasteiger partial charge is 0.241 e. The Hall–Kier alpha value is -2.19. The number of halogens is 2. The largest absolute Gasteiger partial charge is 0.493 e. The molecule has 124 valence electrons. The molecule has 0 aliphatic heterocycles. The minimum Gasteiger partial charge on any atom is -0.493 e. The first-order chi connectivity index (χ1) is 10.9. The molecule has 1 N–H and O–H groups in total. The van der Waals surface area contributed by atoms with E-state index < -0.39 is 21.7 Å². The molecular weight excluding hydrogens is 328 g/mol. The maximum atomic E-state index is 13.5. The first kappa shape index (κ1) is 17.2. The highest BCUT2D eigenvalue weighted by Gasteiger charge is 2.17. The van der Waals surface area contributed by atoms with Crippen LogP contribution in [0.5, 0.6) is 11.5 Å². The highest BCUT2D eigenvalue weighted by atomic mass is 32.2. The number of methoxy groups -OCH3 is 2. The maximum Gasteiger partial charge on any atom is 0.241 e. The third-order valence-corrected chi connectivity index (χ3v) is 4.52. The second-order valence-electron chi connectivity index (χ2n) is 4.58. The molecule has 0 aromatic heterocycles. The van der Waals surface area contributed by atoms with Crippen molar-refractivity contribution in [3.8, 4) is 11.5 Å². The minimum absolute atomic E-state index is 0.0769. The summed E-state index contributed by atoms with van der Waals surface area (Å²) in [6.45, 7) is -0.375. The Labute approximate surface area is 132 Å². The van der Waals surface area contributed by atoms with E-state index in [9.17, 15) is 17.2 Å². The lowest BCUT2D eigenvalue weighted by Gasteiger charge is -2.11. The van der Waals surface area contributed by atoms with Crippen LogP contribution in [0, 0.1) is 11.6 Å². The van der Waals surface area contributed by atoms with Crippen LogP contribution in [0.4, 0.5) is 8.78 Å². The van der Waals surface area contributed by atoms with Crippen LogP contribution in [0.15, 0.2) is 41.3 Å². The lowest BCUT2D eigenvalue weighted by atomic mass is 10.2. The van der Waals surface area contributed by atoms with Crippen molar-refractivity contribution in [1.82, 2.24) is 4.72 Å². The second-order valence-corrected chi connectivity index (χ2v) is 6.34. The molecule has 5 nitrogen and oxygen atoms in total. The Kier molecular flexibility index (Phi) is 5.17. The van der Waals surface area contributed by atoms with Gasteiger partial charge in [-0.1, -0.05) is 0 Å². The van der Waals surface area contributed by atoms with Crippen LogP contribution >= 0.6 is 0 Å². The summed E-state index contributed by atoms with van der Waals surface area (Å²) in [5, 5.41) is 0. The standard InChI is InChI=1S/C15H15F2NO4S/c1-21-14-6-4-12(8-15(14)22-2)23(19,20)18-9-10-7-11(16)3-5-13(10)17/h3-8,18H,9H2,1-2H3. The van der Waals surface area contributed by atoms with Crippen LogP contribution in [0.3, 0.4) is 0 Å². The van der Waals surface area contributed by atoms with Gasteiger partial charge in [-0.15, -0.1) is 0 Å². The molecule has 0 saturated carbocycles. The van der Waals surface area contributed by atoms with Gasteiger partial charge in [-0.05, 0) is 30.3 Å². The lowest BCUT2D eigenvalue weighted by Crippen LogP contribution is -2.23. The monoisotopic (exact) mass is 343 g/mol. The molecular formula is C15H15F2NO4S. The van der Waals surface area contributed by atoms with Crippen LogP contribution in [-0.2, 0) is 16.6 Å². The Morgan fingerprint density at radius 1 is 1.00 bits per heavy atom. The van der Waals surface area contributed by atoms with Crippen molar-refractivity contribution in [2.45, 2.75) is 11.4 Å². The fourth-order valence-corrected chi connectivity index (χ4v) is 2.94. The molecule has 0 saturated heterocycles. The number of sulfonamides is 1. The third kappa shape index (κ3) is 3.96. The van der Waals surface area contributed by atoms with Gasteiger partial charge in [0.15, 0.2) is 11.5 Å². The average molecular weight is 343 g/mol. The van der Waals surface area contributed by atoms with Crippen molar-refractivity contribution < 1.29 is 26.7 Å². The van der Waals surface area contributed by atoms with Gasteiger partial charge in [-0.2, -0.15) is 0 Å². The van der Waals surface area contributed by atoms with Gasteiger partial charge in [0.05, 0.1) is 19.1 Å². The molecule has 0 fully saturated rings. The molecule has 2 rings (SSSR count). The fourth-order valence-electron chi connectivity index (χ4n) is 1.92. The van der Waals surface area contributed by atoms with Crippen LogP contribution in [0.25, 0.3) is 0 Å². The molecule has 23 heavy (non-hydrogen) atoms. The fraction of sp³-hybridized carbons (Fsp3) is 0.200. The zero-order valence-corrected chi connectivity index (χ0v) is 13.3. The first-order valence-electron chi connectivity index (χ1n) is 6.53. The molecule has 0 aliphatic rings. The zero-order chi connectivity index (χ0) is 17.0. The number of hydrogen-bond acceptors (Lipinski definition) is 4. The maximum absolute atomic E-state index is 13.5. The van der Waals surface area contributed by atoms with E-state index in [1.165, 1.54) is 32.4 Å². The summed E-state index contributed by atoms with van der Waals surface area (Å²) in [4.78, 5) is -0.0769. The van der Waals surface area contributed by atoms with Crippen LogP contribution < -0.4 is 14.2 Å². The molecule has 0 amide bonds. The van der Waals surface area contributed by atoms with E-state index in [2.05, 4.69) is 4.72 Å². The van der Waals surface area contributed by atoms with E-state index in [1.54, 1.807) is 0 Å². The third-order valence-electron chi connectivity index (χ3n) is 3.13. The van der Waals surface area contributed by atoms with Gasteiger partial charge in [-0.25, -0.2) is 21.9 Å².